The molecule has 0 spiro atoms. The minimum atomic E-state index is 0.714. The van der Waals surface area contributed by atoms with Crippen LogP contribution in [-0.4, -0.2) is 20.4 Å². The van der Waals surface area contributed by atoms with Crippen LogP contribution in [0.4, 0.5) is 5.69 Å². The molecular weight excluding hydrogens is 377 g/mol. The zero-order chi connectivity index (χ0) is 15.4. The van der Waals surface area contributed by atoms with Gasteiger partial charge in [0.1, 0.15) is 0 Å². The first-order chi connectivity index (χ1) is 10.0. The second kappa shape index (κ2) is 6.93. The lowest BCUT2D eigenvalue weighted by molar-refractivity contribution is 0.353. The molecule has 0 atom stereocenters. The van der Waals surface area contributed by atoms with E-state index in [0.717, 1.165) is 20.6 Å². The maximum absolute atomic E-state index is 5.35. The highest BCUT2D eigenvalue weighted by atomic mass is 127. The van der Waals surface area contributed by atoms with Crippen molar-refractivity contribution in [2.75, 3.05) is 14.2 Å². The maximum Gasteiger partial charge on any atom is 0.174 e. The number of hydrogen-bond acceptors (Lipinski definition) is 3. The summed E-state index contributed by atoms with van der Waals surface area (Å²) in [4.78, 5) is 4.53. The Kier molecular flexibility index (Phi) is 5.22. The van der Waals surface area contributed by atoms with Gasteiger partial charge in [-0.15, -0.1) is 0 Å². The fourth-order valence-electron chi connectivity index (χ4n) is 1.97. The van der Waals surface area contributed by atoms with Crippen molar-refractivity contribution in [3.63, 3.8) is 0 Å². The fourth-order valence-corrected chi connectivity index (χ4v) is 2.81. The number of aliphatic imine (C=N–C) groups is 1. The van der Waals surface area contributed by atoms with Gasteiger partial charge in [0.2, 0.25) is 0 Å². The molecule has 3 nitrogen and oxygen atoms in total. The predicted molar refractivity (Wildman–Crippen MR) is 95.4 cm³/mol. The number of aryl methyl sites for hydroxylation is 2. The fraction of sp³-hybridized carbons (Fsp3) is 0.235. The van der Waals surface area contributed by atoms with Crippen LogP contribution < -0.4 is 9.47 Å². The van der Waals surface area contributed by atoms with Gasteiger partial charge < -0.3 is 9.47 Å². The molecule has 0 fully saturated rings. The molecule has 0 amide bonds. The Balaban J connectivity index is 2.32. The third-order valence-corrected chi connectivity index (χ3v) is 4.11. The van der Waals surface area contributed by atoms with Crippen molar-refractivity contribution in [1.82, 2.24) is 0 Å². The Labute approximate surface area is 139 Å². The lowest BCUT2D eigenvalue weighted by Crippen LogP contribution is -1.95. The van der Waals surface area contributed by atoms with E-state index in [1.54, 1.807) is 14.2 Å². The highest BCUT2D eigenvalue weighted by molar-refractivity contribution is 14.1. The minimum Gasteiger partial charge on any atom is -0.493 e. The maximum atomic E-state index is 5.35. The molecule has 0 saturated heterocycles. The lowest BCUT2D eigenvalue weighted by atomic mass is 10.1. The summed E-state index contributed by atoms with van der Waals surface area (Å²) in [5, 5.41) is 0. The highest BCUT2D eigenvalue weighted by Crippen LogP contribution is 2.33. The molecule has 0 aromatic heterocycles. The summed E-state index contributed by atoms with van der Waals surface area (Å²) in [5.41, 5.74) is 4.44. The average Bonchev–Trinajstić information content (AvgIpc) is 2.47. The molecule has 0 aliphatic heterocycles. The summed E-state index contributed by atoms with van der Waals surface area (Å²) < 4.78 is 11.7. The summed E-state index contributed by atoms with van der Waals surface area (Å²) in [6, 6.07) is 10.1. The van der Waals surface area contributed by atoms with Crippen LogP contribution in [-0.2, 0) is 0 Å². The van der Waals surface area contributed by atoms with Gasteiger partial charge in [-0.2, -0.15) is 0 Å². The van der Waals surface area contributed by atoms with E-state index in [0.29, 0.717) is 5.75 Å². The Bertz CT molecular complexity index is 681. The van der Waals surface area contributed by atoms with Gasteiger partial charge in [0.25, 0.3) is 0 Å². The molecule has 0 aliphatic carbocycles. The molecule has 0 unspecified atom stereocenters. The van der Waals surface area contributed by atoms with Crippen LogP contribution in [0.15, 0.2) is 35.3 Å². The quantitative estimate of drug-likeness (QED) is 0.556. The molecule has 0 aliphatic rings. The van der Waals surface area contributed by atoms with Gasteiger partial charge in [0.05, 0.1) is 23.5 Å². The summed E-state index contributed by atoms with van der Waals surface area (Å²) in [7, 11) is 3.28. The number of hydrogen-bond donors (Lipinski definition) is 0. The summed E-state index contributed by atoms with van der Waals surface area (Å²) in [6.45, 7) is 4.19. The van der Waals surface area contributed by atoms with Crippen LogP contribution in [0.1, 0.15) is 16.7 Å². The molecule has 0 bridgehead atoms. The lowest BCUT2D eigenvalue weighted by Gasteiger charge is -2.10. The van der Waals surface area contributed by atoms with Crippen molar-refractivity contribution in [3.8, 4) is 11.5 Å². The predicted octanol–water partition coefficient (Wildman–Crippen LogP) is 4.68. The van der Waals surface area contributed by atoms with Crippen molar-refractivity contribution in [2.45, 2.75) is 13.8 Å². The van der Waals surface area contributed by atoms with Crippen molar-refractivity contribution < 1.29 is 9.47 Å². The number of benzene rings is 2. The van der Waals surface area contributed by atoms with E-state index >= 15 is 0 Å². The molecule has 110 valence electrons. The van der Waals surface area contributed by atoms with Crippen LogP contribution in [0.3, 0.4) is 0 Å². The standard InChI is InChI=1S/C17H18INO2/c1-11-5-6-14(7-12(11)2)19-10-13-8-15(18)17(21-4)16(9-13)20-3/h5-10H,1-4H3. The molecule has 0 saturated carbocycles. The molecule has 21 heavy (non-hydrogen) atoms. The van der Waals surface area contributed by atoms with Gasteiger partial charge in [-0.05, 0) is 77.4 Å². The topological polar surface area (TPSA) is 30.8 Å². The van der Waals surface area contributed by atoms with Crippen LogP contribution in [0.2, 0.25) is 0 Å². The Morgan fingerprint density at radius 2 is 1.76 bits per heavy atom. The molecule has 4 heteroatoms. The van der Waals surface area contributed by atoms with Crippen LogP contribution in [0.5, 0.6) is 11.5 Å². The number of nitrogens with zero attached hydrogens (tertiary/aromatic N) is 1. The smallest absolute Gasteiger partial charge is 0.174 e. The average molecular weight is 395 g/mol. The van der Waals surface area contributed by atoms with E-state index < -0.39 is 0 Å². The van der Waals surface area contributed by atoms with Gasteiger partial charge in [-0.1, -0.05) is 6.07 Å². The molecule has 0 radical (unpaired) electrons. The van der Waals surface area contributed by atoms with Gasteiger partial charge in [-0.3, -0.25) is 4.99 Å². The number of rotatable bonds is 4. The SMILES string of the molecule is COc1cc(C=Nc2ccc(C)c(C)c2)cc(I)c1OC. The number of halogens is 1. The zero-order valence-corrected chi connectivity index (χ0v) is 14.8. The second-order valence-corrected chi connectivity index (χ2v) is 5.93. The Morgan fingerprint density at radius 3 is 2.38 bits per heavy atom. The number of methoxy groups -OCH3 is 2. The van der Waals surface area contributed by atoms with E-state index in [-0.39, 0.29) is 0 Å². The van der Waals surface area contributed by atoms with E-state index in [1.807, 2.05) is 24.4 Å². The minimum absolute atomic E-state index is 0.714. The normalized spacial score (nSPS) is 10.9. The van der Waals surface area contributed by atoms with E-state index in [4.69, 9.17) is 9.47 Å². The first-order valence-corrected chi connectivity index (χ1v) is 7.66. The van der Waals surface area contributed by atoms with E-state index in [2.05, 4.69) is 53.6 Å². The Morgan fingerprint density at radius 1 is 1.00 bits per heavy atom. The van der Waals surface area contributed by atoms with Gasteiger partial charge in [0.15, 0.2) is 11.5 Å². The largest absolute Gasteiger partial charge is 0.493 e. The summed E-state index contributed by atoms with van der Waals surface area (Å²) in [5.74, 6) is 1.47. The van der Waals surface area contributed by atoms with Crippen molar-refractivity contribution in [2.24, 2.45) is 4.99 Å². The van der Waals surface area contributed by atoms with Gasteiger partial charge in [-0.25, -0.2) is 0 Å². The highest BCUT2D eigenvalue weighted by Gasteiger charge is 2.09. The van der Waals surface area contributed by atoms with Gasteiger partial charge in [0, 0.05) is 6.21 Å². The molecule has 2 aromatic carbocycles. The monoisotopic (exact) mass is 395 g/mol. The zero-order valence-electron chi connectivity index (χ0n) is 12.6. The molecule has 2 rings (SSSR count). The van der Waals surface area contributed by atoms with Crippen molar-refractivity contribution >= 4 is 34.5 Å². The van der Waals surface area contributed by atoms with Gasteiger partial charge >= 0.3 is 0 Å². The van der Waals surface area contributed by atoms with E-state index in [9.17, 15) is 0 Å². The second-order valence-electron chi connectivity index (χ2n) is 4.76. The number of ether oxygens (including phenoxy) is 2. The third kappa shape index (κ3) is 3.75. The van der Waals surface area contributed by atoms with E-state index in [1.165, 1.54) is 11.1 Å². The van der Waals surface area contributed by atoms with Crippen LogP contribution >= 0.6 is 22.6 Å². The molecular formula is C17H18INO2. The van der Waals surface area contributed by atoms with Crippen LogP contribution in [0.25, 0.3) is 0 Å². The molecule has 0 heterocycles. The third-order valence-electron chi connectivity index (χ3n) is 3.31. The van der Waals surface area contributed by atoms with Crippen LogP contribution in [0, 0.1) is 17.4 Å². The summed E-state index contributed by atoms with van der Waals surface area (Å²) in [6.07, 6.45) is 1.84. The Hall–Kier alpha value is -1.56. The molecule has 0 N–H and O–H groups in total. The summed E-state index contributed by atoms with van der Waals surface area (Å²) >= 11 is 2.23. The van der Waals surface area contributed by atoms with Crippen molar-refractivity contribution in [3.05, 3.63) is 50.6 Å². The first-order valence-electron chi connectivity index (χ1n) is 6.58. The van der Waals surface area contributed by atoms with Crippen molar-refractivity contribution in [1.29, 1.82) is 0 Å². The molecule has 2 aromatic rings. The first kappa shape index (κ1) is 15.8.